The molecule has 1 aliphatic heterocycles. The Morgan fingerprint density at radius 1 is 1.13 bits per heavy atom. The quantitative estimate of drug-likeness (QED) is 0.406. The highest BCUT2D eigenvalue weighted by Gasteiger charge is 2.45. The molecule has 0 aromatic carbocycles. The molecule has 0 nitrogen and oxygen atoms in total. The minimum absolute atomic E-state index is 0.592. The van der Waals surface area contributed by atoms with Crippen molar-refractivity contribution in [3.63, 3.8) is 0 Å². The van der Waals surface area contributed by atoms with Gasteiger partial charge in [-0.05, 0) is 6.42 Å². The first-order valence-corrected chi connectivity index (χ1v) is 10.0. The number of fused-ring (bicyclic) bond motifs is 2. The predicted octanol–water partition coefficient (Wildman–Crippen LogP) is 5.40. The van der Waals surface area contributed by atoms with Crippen molar-refractivity contribution >= 4 is 90.3 Å². The zero-order chi connectivity index (χ0) is 10.6. The Bertz CT molecular complexity index is 438. The van der Waals surface area contributed by atoms with E-state index in [9.17, 15) is 0 Å². The first kappa shape index (κ1) is 12.0. The van der Waals surface area contributed by atoms with Crippen LogP contribution >= 0.6 is 90.3 Å². The van der Waals surface area contributed by atoms with Crippen LogP contribution in [0.4, 0.5) is 0 Å². The van der Waals surface area contributed by atoms with Crippen LogP contribution in [0.5, 0.6) is 0 Å². The van der Waals surface area contributed by atoms with Crippen molar-refractivity contribution in [2.45, 2.75) is 35.0 Å². The highest BCUT2D eigenvalue weighted by Crippen LogP contribution is 2.57. The van der Waals surface area contributed by atoms with E-state index in [0.717, 1.165) is 8.39 Å². The molecule has 82 valence electrons. The van der Waals surface area contributed by atoms with Gasteiger partial charge in [-0.15, -0.1) is 46.2 Å². The van der Waals surface area contributed by atoms with Crippen LogP contribution in [-0.4, -0.2) is 20.2 Å². The lowest BCUT2D eigenvalue weighted by Crippen LogP contribution is -2.23. The molecule has 2 heterocycles. The van der Waals surface area contributed by atoms with Gasteiger partial charge in [0.1, 0.15) is 3.14 Å². The second-order valence-electron chi connectivity index (χ2n) is 3.46. The fourth-order valence-electron chi connectivity index (χ4n) is 1.81. The summed E-state index contributed by atoms with van der Waals surface area (Å²) in [5.41, 5.74) is 0. The Kier molecular flexibility index (Phi) is 3.64. The highest BCUT2D eigenvalue weighted by atomic mass is 79.9. The molecule has 0 N–H and O–H groups in total. The van der Waals surface area contributed by atoms with Crippen molar-refractivity contribution in [1.82, 2.24) is 0 Å². The molecule has 1 aromatic heterocycles. The fraction of sp³-hybridized carbons (Fsp3) is 0.625. The Hall–Kier alpha value is 1.93. The number of halogens is 2. The average molecular weight is 422 g/mol. The Balaban J connectivity index is 1.95. The van der Waals surface area contributed by atoms with Crippen molar-refractivity contribution in [3.8, 4) is 0 Å². The SMILES string of the molecule is S=c1sc2c(s1)S[C@@H]1C[C@@H](Br)[C@@H](Br)[C@@H]1S2. The number of rotatable bonds is 0. The molecule has 0 saturated heterocycles. The van der Waals surface area contributed by atoms with Gasteiger partial charge in [-0.25, -0.2) is 0 Å². The molecule has 0 unspecified atom stereocenters. The summed E-state index contributed by atoms with van der Waals surface area (Å²) < 4.78 is 3.97. The maximum atomic E-state index is 5.25. The lowest BCUT2D eigenvalue weighted by molar-refractivity contribution is 0.922. The van der Waals surface area contributed by atoms with Gasteiger partial charge in [-0.3, -0.25) is 0 Å². The van der Waals surface area contributed by atoms with E-state index in [0.29, 0.717) is 14.9 Å². The second kappa shape index (κ2) is 4.55. The molecule has 7 heteroatoms. The minimum atomic E-state index is 0.592. The van der Waals surface area contributed by atoms with E-state index >= 15 is 0 Å². The third kappa shape index (κ3) is 2.15. The number of hydrogen-bond donors (Lipinski definition) is 0. The van der Waals surface area contributed by atoms with Crippen molar-refractivity contribution in [2.24, 2.45) is 0 Å². The summed E-state index contributed by atoms with van der Waals surface area (Å²) in [5.74, 6) is 0. The zero-order valence-electron chi connectivity index (χ0n) is 7.31. The van der Waals surface area contributed by atoms with Crippen LogP contribution in [0, 0.1) is 3.14 Å². The van der Waals surface area contributed by atoms with Crippen LogP contribution in [0.1, 0.15) is 6.42 Å². The van der Waals surface area contributed by atoms with Gasteiger partial charge >= 0.3 is 0 Å². The molecular weight excluding hydrogens is 416 g/mol. The normalized spacial score (nSPS) is 38.8. The zero-order valence-corrected chi connectivity index (χ0v) is 14.6. The molecule has 0 radical (unpaired) electrons. The van der Waals surface area contributed by atoms with Crippen LogP contribution in [0.3, 0.4) is 0 Å². The Labute approximate surface area is 127 Å². The van der Waals surface area contributed by atoms with Gasteiger partial charge < -0.3 is 0 Å². The average Bonchev–Trinajstić information content (AvgIpc) is 2.65. The van der Waals surface area contributed by atoms with Gasteiger partial charge in [-0.1, -0.05) is 44.1 Å². The molecule has 1 saturated carbocycles. The van der Waals surface area contributed by atoms with Crippen molar-refractivity contribution in [1.29, 1.82) is 0 Å². The van der Waals surface area contributed by atoms with E-state index in [2.05, 4.69) is 31.9 Å². The van der Waals surface area contributed by atoms with Gasteiger partial charge in [0, 0.05) is 20.2 Å². The van der Waals surface area contributed by atoms with Gasteiger partial charge in [0.25, 0.3) is 0 Å². The highest BCUT2D eigenvalue weighted by molar-refractivity contribution is 9.12. The van der Waals surface area contributed by atoms with Gasteiger partial charge in [-0.2, -0.15) is 0 Å². The number of thioether (sulfide) groups is 2. The summed E-state index contributed by atoms with van der Waals surface area (Å²) in [7, 11) is 0. The summed E-state index contributed by atoms with van der Waals surface area (Å²) in [6.45, 7) is 0. The fourth-order valence-corrected chi connectivity index (χ4v) is 11.3. The molecule has 3 rings (SSSR count). The Morgan fingerprint density at radius 3 is 2.53 bits per heavy atom. The molecule has 1 aromatic rings. The maximum absolute atomic E-state index is 5.25. The Morgan fingerprint density at radius 2 is 1.80 bits per heavy atom. The monoisotopic (exact) mass is 420 g/mol. The van der Waals surface area contributed by atoms with E-state index in [1.165, 1.54) is 14.8 Å². The second-order valence-corrected chi connectivity index (χ2v) is 11.9. The van der Waals surface area contributed by atoms with E-state index in [1.807, 2.05) is 23.5 Å². The summed E-state index contributed by atoms with van der Waals surface area (Å²) in [4.78, 5) is 1.21. The topological polar surface area (TPSA) is 0 Å². The maximum Gasteiger partial charge on any atom is 0.145 e. The molecule has 4 atom stereocenters. The van der Waals surface area contributed by atoms with Gasteiger partial charge in [0.05, 0.1) is 8.42 Å². The largest absolute Gasteiger partial charge is 0.145 e. The number of hydrogen-bond acceptors (Lipinski definition) is 5. The molecule has 1 aliphatic carbocycles. The van der Waals surface area contributed by atoms with E-state index in [4.69, 9.17) is 12.2 Å². The predicted molar refractivity (Wildman–Crippen MR) is 82.4 cm³/mol. The molecule has 1 fully saturated rings. The summed E-state index contributed by atoms with van der Waals surface area (Å²) in [5, 5.41) is 1.45. The van der Waals surface area contributed by atoms with Gasteiger partial charge in [0.2, 0.25) is 0 Å². The van der Waals surface area contributed by atoms with E-state index < -0.39 is 0 Å². The van der Waals surface area contributed by atoms with Crippen molar-refractivity contribution < 1.29 is 0 Å². The molecule has 15 heavy (non-hydrogen) atoms. The van der Waals surface area contributed by atoms with E-state index in [-0.39, 0.29) is 0 Å². The van der Waals surface area contributed by atoms with E-state index in [1.54, 1.807) is 22.7 Å². The van der Waals surface area contributed by atoms with Gasteiger partial charge in [0.15, 0.2) is 0 Å². The summed E-state index contributed by atoms with van der Waals surface area (Å²) in [6.07, 6.45) is 1.26. The molecular formula is C8H6Br2S5. The van der Waals surface area contributed by atoms with Crippen LogP contribution in [0.15, 0.2) is 8.42 Å². The van der Waals surface area contributed by atoms with Crippen LogP contribution in [-0.2, 0) is 0 Å². The number of alkyl halides is 2. The van der Waals surface area contributed by atoms with Crippen LogP contribution in [0.2, 0.25) is 0 Å². The standard InChI is InChI=1S/C8H6Br2S5/c9-2-1-3-5(4(2)10)13-7-6(12-3)14-8(11)15-7/h2-5H,1H2/t2-,3-,4-,5-/m1/s1. The van der Waals surface area contributed by atoms with Crippen molar-refractivity contribution in [2.75, 3.05) is 0 Å². The smallest absolute Gasteiger partial charge is 0.109 e. The molecule has 2 aliphatic rings. The molecule has 0 bridgehead atoms. The van der Waals surface area contributed by atoms with Crippen molar-refractivity contribution in [3.05, 3.63) is 3.14 Å². The lowest BCUT2D eigenvalue weighted by atomic mass is 10.4. The first-order chi connectivity index (χ1) is 7.15. The lowest BCUT2D eigenvalue weighted by Gasteiger charge is -2.24. The molecule has 0 spiro atoms. The first-order valence-electron chi connectivity index (χ1n) is 4.40. The summed E-state index contributed by atoms with van der Waals surface area (Å²) >= 11 is 20.4. The third-order valence-electron chi connectivity index (χ3n) is 2.50. The van der Waals surface area contributed by atoms with Crippen LogP contribution < -0.4 is 0 Å². The summed E-state index contributed by atoms with van der Waals surface area (Å²) in [6, 6.07) is 0. The van der Waals surface area contributed by atoms with Crippen LogP contribution in [0.25, 0.3) is 0 Å². The molecule has 0 amide bonds. The third-order valence-corrected chi connectivity index (χ3v) is 12.1. The minimum Gasteiger partial charge on any atom is -0.109 e.